The molecule has 0 aromatic heterocycles. The lowest BCUT2D eigenvalue weighted by Crippen LogP contribution is -2.53. The summed E-state index contributed by atoms with van der Waals surface area (Å²) in [6.07, 6.45) is 0. The number of ether oxygens (including phenoxy) is 1. The van der Waals surface area contributed by atoms with Gasteiger partial charge >= 0.3 is 0 Å². The summed E-state index contributed by atoms with van der Waals surface area (Å²) in [5.41, 5.74) is 0.843. The molecule has 0 aliphatic carbocycles. The van der Waals surface area contributed by atoms with E-state index in [2.05, 4.69) is 39.7 Å². The zero-order chi connectivity index (χ0) is 21.2. The minimum Gasteiger partial charge on any atom is -0.379 e. The zero-order valence-electron chi connectivity index (χ0n) is 18.3. The van der Waals surface area contributed by atoms with Crippen molar-refractivity contribution in [1.29, 1.82) is 0 Å². The summed E-state index contributed by atoms with van der Waals surface area (Å²) < 4.78 is 19.0. The Bertz CT molecular complexity index is 696. The fraction of sp³-hybridized carbons (Fsp3) is 0.619. The summed E-state index contributed by atoms with van der Waals surface area (Å²) in [6, 6.07) is 4.89. The van der Waals surface area contributed by atoms with E-state index in [9.17, 15) is 9.18 Å². The summed E-state index contributed by atoms with van der Waals surface area (Å²) >= 11 is 0. The number of carbonyl (C=O) groups excluding carboxylic acids is 1. The van der Waals surface area contributed by atoms with Gasteiger partial charge in [-0.15, -0.1) is 24.0 Å². The first kappa shape index (κ1) is 26.6. The molecule has 9 heteroatoms. The summed E-state index contributed by atoms with van der Waals surface area (Å²) in [6.45, 7) is 11.3. The second-order valence-corrected chi connectivity index (χ2v) is 7.56. The van der Waals surface area contributed by atoms with E-state index in [1.807, 2.05) is 0 Å². The van der Waals surface area contributed by atoms with Crippen molar-refractivity contribution in [2.45, 2.75) is 26.8 Å². The Kier molecular flexibility index (Phi) is 12.2. The first-order valence-electron chi connectivity index (χ1n) is 10.2. The predicted octanol–water partition coefficient (Wildman–Crippen LogP) is 2.00. The Morgan fingerprint density at radius 2 is 1.87 bits per heavy atom. The van der Waals surface area contributed by atoms with Gasteiger partial charge in [-0.3, -0.25) is 14.7 Å². The molecule has 1 saturated heterocycles. The fourth-order valence-corrected chi connectivity index (χ4v) is 3.31. The molecule has 2 rings (SSSR count). The number of morpholine rings is 1. The highest BCUT2D eigenvalue weighted by molar-refractivity contribution is 14.0. The first-order valence-corrected chi connectivity index (χ1v) is 10.2. The van der Waals surface area contributed by atoms with E-state index in [-0.39, 0.29) is 35.7 Å². The molecular formula is C21H35FIN5O2. The third-order valence-electron chi connectivity index (χ3n) is 5.12. The van der Waals surface area contributed by atoms with Gasteiger partial charge in [-0.2, -0.15) is 0 Å². The number of rotatable bonds is 8. The summed E-state index contributed by atoms with van der Waals surface area (Å²) in [5.74, 6) is 0.536. The van der Waals surface area contributed by atoms with Gasteiger partial charge in [-0.05, 0) is 30.5 Å². The van der Waals surface area contributed by atoms with Crippen LogP contribution in [0.25, 0.3) is 0 Å². The molecule has 0 spiro atoms. The number of aryl methyl sites for hydroxylation is 1. The first-order chi connectivity index (χ1) is 13.9. The van der Waals surface area contributed by atoms with Crippen LogP contribution in [0.15, 0.2) is 23.2 Å². The largest absolute Gasteiger partial charge is 0.379 e. The van der Waals surface area contributed by atoms with Crippen molar-refractivity contribution in [1.82, 2.24) is 20.9 Å². The van der Waals surface area contributed by atoms with Gasteiger partial charge < -0.3 is 20.7 Å². The van der Waals surface area contributed by atoms with E-state index < -0.39 is 0 Å². The smallest absolute Gasteiger partial charge is 0.251 e. The second kappa shape index (κ2) is 13.8. The van der Waals surface area contributed by atoms with E-state index in [0.29, 0.717) is 42.1 Å². The van der Waals surface area contributed by atoms with E-state index in [1.54, 1.807) is 26.1 Å². The maximum absolute atomic E-state index is 13.6. The lowest BCUT2D eigenvalue weighted by atomic mass is 10.0. The molecule has 1 heterocycles. The van der Waals surface area contributed by atoms with Crippen molar-refractivity contribution >= 4 is 35.8 Å². The van der Waals surface area contributed by atoms with Gasteiger partial charge in [0, 0.05) is 51.4 Å². The number of aliphatic imine (C=N–C) groups is 1. The van der Waals surface area contributed by atoms with Crippen LogP contribution in [0.2, 0.25) is 0 Å². The number of nitrogens with one attached hydrogen (secondary N) is 3. The van der Waals surface area contributed by atoms with E-state index in [0.717, 1.165) is 32.8 Å². The number of halogens is 2. The van der Waals surface area contributed by atoms with E-state index in [1.165, 1.54) is 6.07 Å². The van der Waals surface area contributed by atoms with Crippen LogP contribution in [0, 0.1) is 18.7 Å². The Balaban J connectivity index is 0.00000450. The number of guanidine groups is 1. The molecule has 1 aliphatic heterocycles. The molecular weight excluding hydrogens is 500 g/mol. The normalized spacial score (nSPS) is 16.0. The molecule has 1 aliphatic rings. The molecule has 7 nitrogen and oxygen atoms in total. The second-order valence-electron chi connectivity index (χ2n) is 7.56. The van der Waals surface area contributed by atoms with Crippen molar-refractivity contribution in [2.75, 3.05) is 53.0 Å². The van der Waals surface area contributed by atoms with Crippen LogP contribution in [0.3, 0.4) is 0 Å². The summed E-state index contributed by atoms with van der Waals surface area (Å²) in [7, 11) is 1.72. The lowest BCUT2D eigenvalue weighted by molar-refractivity contribution is 0.00752. The molecule has 0 radical (unpaired) electrons. The fourth-order valence-electron chi connectivity index (χ4n) is 3.31. The quantitative estimate of drug-likeness (QED) is 0.206. The third kappa shape index (κ3) is 8.35. The minimum absolute atomic E-state index is 0. The average Bonchev–Trinajstić information content (AvgIpc) is 2.72. The lowest BCUT2D eigenvalue weighted by Gasteiger charge is -2.37. The Hall–Kier alpha value is -1.46. The highest BCUT2D eigenvalue weighted by Gasteiger charge is 2.23. The van der Waals surface area contributed by atoms with Gasteiger partial charge in [0.2, 0.25) is 0 Å². The predicted molar refractivity (Wildman–Crippen MR) is 129 cm³/mol. The molecule has 1 aromatic carbocycles. The molecule has 0 bridgehead atoms. The van der Waals surface area contributed by atoms with E-state index in [4.69, 9.17) is 4.74 Å². The number of nitrogens with zero attached hydrogens (tertiary/aromatic N) is 2. The van der Waals surface area contributed by atoms with E-state index >= 15 is 0 Å². The Morgan fingerprint density at radius 1 is 1.20 bits per heavy atom. The highest BCUT2D eigenvalue weighted by atomic mass is 127. The van der Waals surface area contributed by atoms with Crippen LogP contribution in [0.1, 0.15) is 29.8 Å². The summed E-state index contributed by atoms with van der Waals surface area (Å²) in [4.78, 5) is 18.8. The van der Waals surface area contributed by atoms with Gasteiger partial charge in [-0.25, -0.2) is 4.39 Å². The SMILES string of the molecule is CN=C(NCCNC(=O)c1ccc(C)c(F)c1)NCC(C(C)C)N1CCOCC1.I. The van der Waals surface area contributed by atoms with Crippen molar-refractivity contribution < 1.29 is 13.9 Å². The van der Waals surface area contributed by atoms with Gasteiger partial charge in [0.05, 0.1) is 13.2 Å². The number of hydrogen-bond donors (Lipinski definition) is 3. The molecule has 30 heavy (non-hydrogen) atoms. The molecule has 3 N–H and O–H groups in total. The topological polar surface area (TPSA) is 78.0 Å². The standard InChI is InChI=1S/C21H34FN5O2.HI/c1-15(2)19(27-9-11-29-12-10-27)14-26-21(23-4)25-8-7-24-20(28)17-6-5-16(3)18(22)13-17;/h5-6,13,15,19H,7-12,14H2,1-4H3,(H,24,28)(H2,23,25,26);1H. The van der Waals surface area contributed by atoms with Crippen LogP contribution in [-0.4, -0.2) is 75.8 Å². The molecule has 0 saturated carbocycles. The van der Waals surface area contributed by atoms with Crippen molar-refractivity contribution in [3.63, 3.8) is 0 Å². The van der Waals surface area contributed by atoms with Crippen LogP contribution < -0.4 is 16.0 Å². The number of hydrogen-bond acceptors (Lipinski definition) is 4. The van der Waals surface area contributed by atoms with Crippen LogP contribution in [0.5, 0.6) is 0 Å². The Morgan fingerprint density at radius 3 is 2.47 bits per heavy atom. The summed E-state index contributed by atoms with van der Waals surface area (Å²) in [5, 5.41) is 9.36. The molecule has 1 aromatic rings. The van der Waals surface area contributed by atoms with Gasteiger partial charge in [0.1, 0.15) is 5.82 Å². The van der Waals surface area contributed by atoms with Gasteiger partial charge in [-0.1, -0.05) is 19.9 Å². The Labute approximate surface area is 196 Å². The maximum Gasteiger partial charge on any atom is 0.251 e. The maximum atomic E-state index is 13.6. The molecule has 1 amide bonds. The van der Waals surface area contributed by atoms with Crippen LogP contribution in [-0.2, 0) is 4.74 Å². The monoisotopic (exact) mass is 535 g/mol. The molecule has 1 unspecified atom stereocenters. The minimum atomic E-state index is -0.375. The zero-order valence-corrected chi connectivity index (χ0v) is 20.7. The van der Waals surface area contributed by atoms with Crippen molar-refractivity contribution in [2.24, 2.45) is 10.9 Å². The molecule has 1 atom stereocenters. The van der Waals surface area contributed by atoms with Crippen molar-refractivity contribution in [3.05, 3.63) is 35.1 Å². The molecule has 170 valence electrons. The third-order valence-corrected chi connectivity index (χ3v) is 5.12. The average molecular weight is 535 g/mol. The number of carbonyl (C=O) groups is 1. The van der Waals surface area contributed by atoms with Gasteiger partial charge in [0.25, 0.3) is 5.91 Å². The van der Waals surface area contributed by atoms with Gasteiger partial charge in [0.15, 0.2) is 5.96 Å². The van der Waals surface area contributed by atoms with Crippen LogP contribution in [0.4, 0.5) is 4.39 Å². The number of amides is 1. The molecule has 1 fully saturated rings. The number of benzene rings is 1. The highest BCUT2D eigenvalue weighted by Crippen LogP contribution is 2.12. The van der Waals surface area contributed by atoms with Crippen molar-refractivity contribution in [3.8, 4) is 0 Å². The van der Waals surface area contributed by atoms with Crippen LogP contribution >= 0.6 is 24.0 Å².